The molecule has 0 amide bonds. The van der Waals surface area contributed by atoms with Gasteiger partial charge in [-0.15, -0.1) is 11.8 Å². The smallest absolute Gasteiger partial charge is 0.423 e. The van der Waals surface area contributed by atoms with Gasteiger partial charge >= 0.3 is 7.12 Å². The van der Waals surface area contributed by atoms with Crippen molar-refractivity contribution in [2.75, 3.05) is 0 Å². The van der Waals surface area contributed by atoms with E-state index in [-0.39, 0.29) is 5.82 Å². The van der Waals surface area contributed by atoms with Crippen LogP contribution in [-0.4, -0.2) is 17.2 Å². The minimum absolute atomic E-state index is 0.268. The van der Waals surface area contributed by atoms with Crippen molar-refractivity contribution < 1.29 is 14.4 Å². The first kappa shape index (κ1) is 13.1. The van der Waals surface area contributed by atoms with Gasteiger partial charge in [-0.2, -0.15) is 0 Å². The molecule has 2 N–H and O–H groups in total. The summed E-state index contributed by atoms with van der Waals surface area (Å²) in [7, 11) is -1.48. The van der Waals surface area contributed by atoms with Gasteiger partial charge in [0.15, 0.2) is 0 Å². The third-order valence-electron chi connectivity index (χ3n) is 2.52. The van der Waals surface area contributed by atoms with Crippen LogP contribution < -0.4 is 5.46 Å². The number of hydrogen-bond donors (Lipinski definition) is 2. The van der Waals surface area contributed by atoms with Crippen LogP contribution in [0.1, 0.15) is 5.56 Å². The summed E-state index contributed by atoms with van der Waals surface area (Å²) in [6, 6.07) is 13.4. The van der Waals surface area contributed by atoms with E-state index in [9.17, 15) is 14.4 Å². The molecule has 0 bridgehead atoms. The molecule has 0 aliphatic carbocycles. The number of benzene rings is 2. The number of thioether (sulfide) groups is 1. The lowest BCUT2D eigenvalue weighted by Gasteiger charge is -2.08. The predicted octanol–water partition coefficient (Wildman–Crippen LogP) is 1.80. The molecule has 18 heavy (non-hydrogen) atoms. The van der Waals surface area contributed by atoms with Crippen molar-refractivity contribution in [2.24, 2.45) is 0 Å². The number of rotatable bonds is 4. The van der Waals surface area contributed by atoms with Crippen LogP contribution in [0, 0.1) is 5.82 Å². The molecule has 2 aromatic rings. The fourth-order valence-corrected chi connectivity index (χ4v) is 2.59. The maximum absolute atomic E-state index is 13.0. The lowest BCUT2D eigenvalue weighted by molar-refractivity contribution is 0.425. The summed E-state index contributed by atoms with van der Waals surface area (Å²) in [6.07, 6.45) is 0. The summed E-state index contributed by atoms with van der Waals surface area (Å²) in [5.74, 6) is 0.299. The van der Waals surface area contributed by atoms with Crippen LogP contribution in [0.5, 0.6) is 0 Å². The minimum atomic E-state index is -1.48. The van der Waals surface area contributed by atoms with Crippen molar-refractivity contribution in [3.63, 3.8) is 0 Å². The summed E-state index contributed by atoms with van der Waals surface area (Å²) in [5, 5.41) is 18.5. The molecule has 0 aromatic heterocycles. The van der Waals surface area contributed by atoms with Crippen LogP contribution in [0.25, 0.3) is 0 Å². The Kier molecular flexibility index (Phi) is 4.41. The summed E-state index contributed by atoms with van der Waals surface area (Å²) in [4.78, 5) is 0.817. The normalized spacial score (nSPS) is 10.4. The Labute approximate surface area is 110 Å². The molecule has 0 spiro atoms. The van der Waals surface area contributed by atoms with E-state index in [1.165, 1.54) is 23.9 Å². The van der Waals surface area contributed by atoms with E-state index in [1.54, 1.807) is 18.2 Å². The molecule has 0 unspecified atom stereocenters. The van der Waals surface area contributed by atoms with Gasteiger partial charge < -0.3 is 10.0 Å². The molecule has 0 saturated heterocycles. The Morgan fingerprint density at radius 3 is 2.56 bits per heavy atom. The summed E-state index contributed by atoms with van der Waals surface area (Å²) < 4.78 is 13.0. The molecule has 0 fully saturated rings. The second-order valence-electron chi connectivity index (χ2n) is 3.82. The molecule has 0 heterocycles. The molecule has 0 saturated carbocycles. The Balaban J connectivity index is 2.11. The molecule has 2 nitrogen and oxygen atoms in total. The molecule has 0 radical (unpaired) electrons. The van der Waals surface area contributed by atoms with E-state index >= 15 is 0 Å². The third kappa shape index (κ3) is 3.35. The zero-order chi connectivity index (χ0) is 13.0. The topological polar surface area (TPSA) is 40.5 Å². The Bertz CT molecular complexity index is 534. The molecule has 2 aromatic carbocycles. The van der Waals surface area contributed by atoms with Crippen molar-refractivity contribution in [3.8, 4) is 0 Å². The second-order valence-corrected chi connectivity index (χ2v) is 4.87. The van der Waals surface area contributed by atoms with Gasteiger partial charge in [-0.1, -0.05) is 30.3 Å². The summed E-state index contributed by atoms with van der Waals surface area (Å²) in [6.45, 7) is 0. The third-order valence-corrected chi connectivity index (χ3v) is 3.57. The fourth-order valence-electron chi connectivity index (χ4n) is 1.64. The van der Waals surface area contributed by atoms with Gasteiger partial charge in [0.05, 0.1) is 0 Å². The van der Waals surface area contributed by atoms with Gasteiger partial charge in [-0.05, 0) is 29.2 Å². The molecular formula is C13H12BFO2S. The van der Waals surface area contributed by atoms with E-state index in [1.807, 2.05) is 18.2 Å². The molecule has 0 aliphatic rings. The quantitative estimate of drug-likeness (QED) is 0.652. The van der Waals surface area contributed by atoms with Crippen molar-refractivity contribution >= 4 is 24.3 Å². The maximum Gasteiger partial charge on any atom is 0.488 e. The monoisotopic (exact) mass is 262 g/mol. The van der Waals surface area contributed by atoms with Gasteiger partial charge in [0.2, 0.25) is 0 Å². The van der Waals surface area contributed by atoms with Crippen LogP contribution in [-0.2, 0) is 5.75 Å². The van der Waals surface area contributed by atoms with Crippen molar-refractivity contribution in [3.05, 3.63) is 59.9 Å². The largest absolute Gasteiger partial charge is 0.488 e. The highest BCUT2D eigenvalue weighted by Gasteiger charge is 2.14. The predicted molar refractivity (Wildman–Crippen MR) is 72.2 cm³/mol. The van der Waals surface area contributed by atoms with Crippen LogP contribution in [0.3, 0.4) is 0 Å². The number of hydrogen-bond acceptors (Lipinski definition) is 3. The molecule has 92 valence electrons. The van der Waals surface area contributed by atoms with Crippen LogP contribution >= 0.6 is 11.8 Å². The van der Waals surface area contributed by atoms with E-state index in [0.717, 1.165) is 10.5 Å². The van der Waals surface area contributed by atoms with Gasteiger partial charge in [-0.3, -0.25) is 0 Å². The average Bonchev–Trinajstić information content (AvgIpc) is 2.37. The van der Waals surface area contributed by atoms with E-state index in [2.05, 4.69) is 0 Å². The minimum Gasteiger partial charge on any atom is -0.423 e. The van der Waals surface area contributed by atoms with Gasteiger partial charge in [-0.25, -0.2) is 4.39 Å². The van der Waals surface area contributed by atoms with Crippen molar-refractivity contribution in [2.45, 2.75) is 10.6 Å². The lowest BCUT2D eigenvalue weighted by Crippen LogP contribution is -2.32. The van der Waals surface area contributed by atoms with E-state index in [4.69, 9.17) is 0 Å². The fraction of sp³-hybridized carbons (Fsp3) is 0.0769. The number of halogens is 1. The first-order valence-electron chi connectivity index (χ1n) is 5.49. The lowest BCUT2D eigenvalue weighted by atomic mass is 9.77. The Hall–Kier alpha value is -1.30. The highest BCUT2D eigenvalue weighted by Crippen LogP contribution is 2.22. The summed E-state index contributed by atoms with van der Waals surface area (Å²) >= 11 is 1.46. The highest BCUT2D eigenvalue weighted by atomic mass is 32.2. The van der Waals surface area contributed by atoms with Crippen molar-refractivity contribution in [1.29, 1.82) is 0 Å². The zero-order valence-corrected chi connectivity index (χ0v) is 10.4. The second kappa shape index (κ2) is 6.04. The zero-order valence-electron chi connectivity index (χ0n) is 9.58. The Morgan fingerprint density at radius 2 is 1.83 bits per heavy atom. The average molecular weight is 262 g/mol. The molecule has 5 heteroatoms. The highest BCUT2D eigenvalue weighted by molar-refractivity contribution is 7.98. The van der Waals surface area contributed by atoms with Crippen LogP contribution in [0.4, 0.5) is 4.39 Å². The first-order valence-corrected chi connectivity index (χ1v) is 6.47. The van der Waals surface area contributed by atoms with E-state index < -0.39 is 7.12 Å². The molecule has 2 rings (SSSR count). The van der Waals surface area contributed by atoms with Crippen LogP contribution in [0.2, 0.25) is 0 Å². The van der Waals surface area contributed by atoms with Crippen LogP contribution in [0.15, 0.2) is 53.4 Å². The van der Waals surface area contributed by atoms with E-state index in [0.29, 0.717) is 11.2 Å². The molecule has 0 atom stereocenters. The van der Waals surface area contributed by atoms with Gasteiger partial charge in [0.1, 0.15) is 5.82 Å². The summed E-state index contributed by atoms with van der Waals surface area (Å²) in [5.41, 5.74) is 1.32. The Morgan fingerprint density at radius 1 is 1.06 bits per heavy atom. The SMILES string of the molecule is OB(O)c1ccccc1CSc1cccc(F)c1. The van der Waals surface area contributed by atoms with Crippen molar-refractivity contribution in [1.82, 2.24) is 0 Å². The standard InChI is InChI=1S/C13H12BFO2S/c15-11-5-3-6-12(8-11)18-9-10-4-1-2-7-13(10)14(16)17/h1-8,16-17H,9H2. The first-order chi connectivity index (χ1) is 8.66. The maximum atomic E-state index is 13.0. The molecule has 0 aliphatic heterocycles. The van der Waals surface area contributed by atoms with Gasteiger partial charge in [0, 0.05) is 10.6 Å². The van der Waals surface area contributed by atoms with Gasteiger partial charge in [0.25, 0.3) is 0 Å². The molecular weight excluding hydrogens is 250 g/mol.